The van der Waals surface area contributed by atoms with Crippen LogP contribution >= 0.6 is 0 Å². The maximum absolute atomic E-state index is 13.1. The van der Waals surface area contributed by atoms with E-state index in [0.29, 0.717) is 19.4 Å². The summed E-state index contributed by atoms with van der Waals surface area (Å²) in [5.74, 6) is -1.81. The van der Waals surface area contributed by atoms with E-state index in [0.717, 1.165) is 16.7 Å². The summed E-state index contributed by atoms with van der Waals surface area (Å²) >= 11 is 0. The molecule has 0 aliphatic carbocycles. The molecule has 6 heteroatoms. The maximum Gasteiger partial charge on any atom is 0.238 e. The molecule has 3 atom stereocenters. The zero-order chi connectivity index (χ0) is 19.4. The number of nitrogens with two attached hydrogens (primary N) is 2. The summed E-state index contributed by atoms with van der Waals surface area (Å²) in [7, 11) is 0. The first-order valence-electron chi connectivity index (χ1n) is 8.85. The highest BCUT2D eigenvalue weighted by Gasteiger charge is 2.46. The summed E-state index contributed by atoms with van der Waals surface area (Å²) in [6, 6.07) is 16.3. The molecule has 2 aromatic rings. The number of hydrogen-bond donors (Lipinski definition) is 2. The van der Waals surface area contributed by atoms with E-state index in [1.807, 2.05) is 24.3 Å². The van der Waals surface area contributed by atoms with Crippen molar-refractivity contribution in [2.45, 2.75) is 18.4 Å². The Morgan fingerprint density at radius 1 is 1.22 bits per heavy atom. The quantitative estimate of drug-likeness (QED) is 0.847. The number of halogens is 1. The molecule has 0 radical (unpaired) electrons. The summed E-state index contributed by atoms with van der Waals surface area (Å²) in [5.41, 5.74) is 13.4. The Labute approximate surface area is 157 Å². The summed E-state index contributed by atoms with van der Waals surface area (Å²) < 4.78 is 18.5. The third-order valence-electron chi connectivity index (χ3n) is 5.32. The van der Waals surface area contributed by atoms with E-state index in [4.69, 9.17) is 16.2 Å². The van der Waals surface area contributed by atoms with Crippen LogP contribution in [0.4, 0.5) is 4.39 Å². The lowest BCUT2D eigenvalue weighted by molar-refractivity contribution is -0.131. The average molecular weight is 367 g/mol. The summed E-state index contributed by atoms with van der Waals surface area (Å²) in [6.07, 6.45) is 0.759. The van der Waals surface area contributed by atoms with Gasteiger partial charge in [-0.1, -0.05) is 36.4 Å². The van der Waals surface area contributed by atoms with Gasteiger partial charge in [0.05, 0.1) is 18.6 Å². The van der Waals surface area contributed by atoms with Crippen molar-refractivity contribution in [3.8, 4) is 17.2 Å². The van der Waals surface area contributed by atoms with Gasteiger partial charge >= 0.3 is 0 Å². The first-order chi connectivity index (χ1) is 12.9. The van der Waals surface area contributed by atoms with E-state index < -0.39 is 23.3 Å². The second kappa shape index (κ2) is 7.87. The van der Waals surface area contributed by atoms with Crippen molar-refractivity contribution in [2.24, 2.45) is 23.3 Å². The highest BCUT2D eigenvalue weighted by Crippen LogP contribution is 2.32. The van der Waals surface area contributed by atoms with Crippen molar-refractivity contribution < 1.29 is 13.9 Å². The van der Waals surface area contributed by atoms with Crippen LogP contribution in [-0.4, -0.2) is 24.7 Å². The second-order valence-corrected chi connectivity index (χ2v) is 6.98. The first kappa shape index (κ1) is 19.0. The molecular formula is C21H22FN3O2. The summed E-state index contributed by atoms with van der Waals surface area (Å²) in [4.78, 5) is 11.9. The number of ether oxygens (including phenoxy) is 1. The molecule has 1 aliphatic rings. The standard InChI is InChI=1S/C21H22FN3O2/c22-18-7-5-16(6-8-18)15-3-1-14(2-4-15)11-17(12-23)19-13-27-10-9-21(19,25)20(24)26/h1-8,17,19H,9-11,13,25H2,(H2,24,26). The molecule has 3 rings (SSSR count). The molecule has 0 aromatic heterocycles. The third-order valence-corrected chi connectivity index (χ3v) is 5.32. The smallest absolute Gasteiger partial charge is 0.238 e. The number of benzene rings is 2. The van der Waals surface area contributed by atoms with Crippen molar-refractivity contribution in [1.29, 1.82) is 5.26 Å². The Kier molecular flexibility index (Phi) is 5.54. The van der Waals surface area contributed by atoms with Crippen molar-refractivity contribution in [1.82, 2.24) is 0 Å². The first-order valence-corrected chi connectivity index (χ1v) is 8.85. The van der Waals surface area contributed by atoms with Crippen molar-refractivity contribution in [2.75, 3.05) is 13.2 Å². The number of amides is 1. The molecule has 27 heavy (non-hydrogen) atoms. The predicted octanol–water partition coefficient (Wildman–Crippen LogP) is 2.39. The van der Waals surface area contributed by atoms with Crippen molar-refractivity contribution in [3.63, 3.8) is 0 Å². The maximum atomic E-state index is 13.1. The van der Waals surface area contributed by atoms with Gasteiger partial charge in [0.25, 0.3) is 0 Å². The van der Waals surface area contributed by atoms with Crippen LogP contribution < -0.4 is 11.5 Å². The number of primary amides is 1. The van der Waals surface area contributed by atoms with Crippen molar-refractivity contribution in [3.05, 3.63) is 59.9 Å². The Morgan fingerprint density at radius 2 is 1.81 bits per heavy atom. The largest absolute Gasteiger partial charge is 0.381 e. The van der Waals surface area contributed by atoms with E-state index in [9.17, 15) is 14.4 Å². The van der Waals surface area contributed by atoms with E-state index in [-0.39, 0.29) is 12.4 Å². The van der Waals surface area contributed by atoms with Gasteiger partial charge in [0.2, 0.25) is 5.91 Å². The molecule has 1 saturated heterocycles. The predicted molar refractivity (Wildman–Crippen MR) is 99.7 cm³/mol. The molecule has 140 valence electrons. The summed E-state index contributed by atoms with van der Waals surface area (Å²) in [5, 5.41) is 9.66. The van der Waals surface area contributed by atoms with Crippen LogP contribution in [0.25, 0.3) is 11.1 Å². The van der Waals surface area contributed by atoms with Gasteiger partial charge in [-0.3, -0.25) is 4.79 Å². The number of nitriles is 1. The zero-order valence-electron chi connectivity index (χ0n) is 14.9. The van der Waals surface area contributed by atoms with Gasteiger partial charge in [-0.2, -0.15) is 5.26 Å². The molecule has 4 N–H and O–H groups in total. The van der Waals surface area contributed by atoms with Gasteiger partial charge in [0.1, 0.15) is 11.4 Å². The minimum absolute atomic E-state index is 0.241. The second-order valence-electron chi connectivity index (χ2n) is 6.98. The Morgan fingerprint density at radius 3 is 2.37 bits per heavy atom. The van der Waals surface area contributed by atoms with E-state index in [1.165, 1.54) is 12.1 Å². The van der Waals surface area contributed by atoms with Crippen LogP contribution in [0, 0.1) is 29.0 Å². The van der Waals surface area contributed by atoms with Gasteiger partial charge in [-0.25, -0.2) is 4.39 Å². The van der Waals surface area contributed by atoms with Crippen LogP contribution in [-0.2, 0) is 16.0 Å². The molecule has 0 saturated carbocycles. The molecule has 0 spiro atoms. The molecule has 1 fully saturated rings. The molecule has 1 heterocycles. The van der Waals surface area contributed by atoms with Crippen LogP contribution in [0.15, 0.2) is 48.5 Å². The molecule has 2 aromatic carbocycles. The Bertz CT molecular complexity index is 845. The Balaban J connectivity index is 1.77. The van der Waals surface area contributed by atoms with Gasteiger partial charge in [0, 0.05) is 12.5 Å². The highest BCUT2D eigenvalue weighted by molar-refractivity contribution is 5.85. The topological polar surface area (TPSA) is 102 Å². The molecule has 1 aliphatic heterocycles. The minimum Gasteiger partial charge on any atom is -0.381 e. The van der Waals surface area contributed by atoms with Gasteiger partial charge in [0.15, 0.2) is 0 Å². The normalized spacial score (nSPS) is 23.4. The fourth-order valence-electron chi connectivity index (χ4n) is 3.57. The van der Waals surface area contributed by atoms with Crippen molar-refractivity contribution >= 4 is 5.91 Å². The number of rotatable bonds is 5. The molecule has 5 nitrogen and oxygen atoms in total. The third kappa shape index (κ3) is 4.00. The number of carbonyl (C=O) groups excluding carboxylic acids is 1. The van der Waals surface area contributed by atoms with Crippen LogP contribution in [0.3, 0.4) is 0 Å². The van der Waals surface area contributed by atoms with E-state index >= 15 is 0 Å². The minimum atomic E-state index is -1.23. The summed E-state index contributed by atoms with van der Waals surface area (Å²) in [6.45, 7) is 0.603. The van der Waals surface area contributed by atoms with Crippen LogP contribution in [0.1, 0.15) is 12.0 Å². The van der Waals surface area contributed by atoms with Gasteiger partial charge in [-0.15, -0.1) is 0 Å². The number of hydrogen-bond acceptors (Lipinski definition) is 4. The van der Waals surface area contributed by atoms with E-state index in [2.05, 4.69) is 6.07 Å². The molecule has 3 unspecified atom stereocenters. The fraction of sp³-hybridized carbons (Fsp3) is 0.333. The van der Waals surface area contributed by atoms with Gasteiger partial charge in [-0.05, 0) is 41.7 Å². The van der Waals surface area contributed by atoms with Gasteiger partial charge < -0.3 is 16.2 Å². The lowest BCUT2D eigenvalue weighted by Crippen LogP contribution is -2.63. The lowest BCUT2D eigenvalue weighted by atomic mass is 9.71. The van der Waals surface area contributed by atoms with Crippen LogP contribution in [0.5, 0.6) is 0 Å². The number of nitrogens with zero attached hydrogens (tertiary/aromatic N) is 1. The average Bonchev–Trinajstić information content (AvgIpc) is 2.68. The van der Waals surface area contributed by atoms with Crippen LogP contribution in [0.2, 0.25) is 0 Å². The monoisotopic (exact) mass is 367 g/mol. The number of carbonyl (C=O) groups is 1. The highest BCUT2D eigenvalue weighted by atomic mass is 19.1. The molecular weight excluding hydrogens is 345 g/mol. The Hall–Kier alpha value is -2.75. The lowest BCUT2D eigenvalue weighted by Gasteiger charge is -2.40. The SMILES string of the molecule is N#CC(Cc1ccc(-c2ccc(F)cc2)cc1)C1COCCC1(N)C(N)=O. The van der Waals surface area contributed by atoms with E-state index in [1.54, 1.807) is 12.1 Å². The molecule has 1 amide bonds. The zero-order valence-corrected chi connectivity index (χ0v) is 14.9. The molecule has 0 bridgehead atoms. The fourth-order valence-corrected chi connectivity index (χ4v) is 3.57.